The van der Waals surface area contributed by atoms with E-state index in [1.807, 2.05) is 6.92 Å². The van der Waals surface area contributed by atoms with E-state index in [9.17, 15) is 0 Å². The highest BCUT2D eigenvalue weighted by molar-refractivity contribution is 7.07. The van der Waals surface area contributed by atoms with Crippen LogP contribution in [0.4, 0.5) is 0 Å². The first-order chi connectivity index (χ1) is 7.48. The number of aromatic nitrogens is 2. The van der Waals surface area contributed by atoms with Crippen molar-refractivity contribution < 1.29 is 4.74 Å². The third-order valence-electron chi connectivity index (χ3n) is 3.60. The van der Waals surface area contributed by atoms with E-state index >= 15 is 0 Å². The van der Waals surface area contributed by atoms with Gasteiger partial charge in [0.2, 0.25) is 0 Å². The lowest BCUT2D eigenvalue weighted by Crippen LogP contribution is -1.96. The Kier molecular flexibility index (Phi) is 2.95. The molecule has 90 valence electrons. The first-order valence-corrected chi connectivity index (χ1v) is 6.72. The van der Waals surface area contributed by atoms with Gasteiger partial charge in [-0.05, 0) is 24.2 Å². The molecular formula is C12H20N2OS. The Morgan fingerprint density at radius 3 is 2.62 bits per heavy atom. The van der Waals surface area contributed by atoms with Crippen LogP contribution in [0.25, 0.3) is 0 Å². The minimum Gasteiger partial charge on any atom is -0.469 e. The Bertz CT molecular complexity index is 373. The predicted octanol–water partition coefficient (Wildman–Crippen LogP) is 3.33. The Hall–Kier alpha value is -0.640. The highest BCUT2D eigenvalue weighted by Gasteiger charge is 2.61. The zero-order chi connectivity index (χ0) is 11.9. The summed E-state index contributed by atoms with van der Waals surface area (Å²) in [7, 11) is 0. The van der Waals surface area contributed by atoms with Crippen LogP contribution in [0.3, 0.4) is 0 Å². The average molecular weight is 240 g/mol. The first kappa shape index (κ1) is 11.8. The van der Waals surface area contributed by atoms with Gasteiger partial charge in [0.05, 0.1) is 6.61 Å². The van der Waals surface area contributed by atoms with Crippen molar-refractivity contribution in [3.63, 3.8) is 0 Å². The first-order valence-electron chi connectivity index (χ1n) is 5.94. The SMILES string of the molecule is CCOc1nc([C@@H]2[C@@H](C(C)C)C2(C)C)ns1. The predicted molar refractivity (Wildman–Crippen MR) is 65.9 cm³/mol. The van der Waals surface area contributed by atoms with Crippen molar-refractivity contribution in [3.05, 3.63) is 5.82 Å². The van der Waals surface area contributed by atoms with Crippen molar-refractivity contribution >= 4 is 11.5 Å². The maximum absolute atomic E-state index is 5.37. The summed E-state index contributed by atoms with van der Waals surface area (Å²) in [5, 5.41) is 0.711. The summed E-state index contributed by atoms with van der Waals surface area (Å²) >= 11 is 1.37. The molecular weight excluding hydrogens is 220 g/mol. The van der Waals surface area contributed by atoms with E-state index in [0.29, 0.717) is 35.0 Å². The van der Waals surface area contributed by atoms with Gasteiger partial charge in [0.1, 0.15) is 5.82 Å². The van der Waals surface area contributed by atoms with Crippen LogP contribution in [0.5, 0.6) is 5.19 Å². The van der Waals surface area contributed by atoms with Crippen LogP contribution in [0, 0.1) is 17.3 Å². The fourth-order valence-electron chi connectivity index (χ4n) is 2.94. The van der Waals surface area contributed by atoms with Crippen LogP contribution in [0.15, 0.2) is 0 Å². The van der Waals surface area contributed by atoms with Gasteiger partial charge in [0.25, 0.3) is 5.19 Å². The molecule has 1 aromatic heterocycles. The second-order valence-electron chi connectivity index (χ2n) is 5.42. The Morgan fingerprint density at radius 2 is 2.12 bits per heavy atom. The molecule has 1 aliphatic carbocycles. The van der Waals surface area contributed by atoms with Crippen molar-refractivity contribution in [2.75, 3.05) is 6.61 Å². The second-order valence-corrected chi connectivity index (χ2v) is 6.13. The van der Waals surface area contributed by atoms with E-state index in [0.717, 1.165) is 5.82 Å². The van der Waals surface area contributed by atoms with Crippen LogP contribution in [0.1, 0.15) is 46.4 Å². The molecule has 4 heteroatoms. The lowest BCUT2D eigenvalue weighted by Gasteiger charge is -2.04. The van der Waals surface area contributed by atoms with Gasteiger partial charge < -0.3 is 4.74 Å². The van der Waals surface area contributed by atoms with Crippen molar-refractivity contribution in [2.45, 2.75) is 40.5 Å². The van der Waals surface area contributed by atoms with E-state index in [2.05, 4.69) is 37.1 Å². The summed E-state index contributed by atoms with van der Waals surface area (Å²) in [5.74, 6) is 2.89. The molecule has 16 heavy (non-hydrogen) atoms. The molecule has 1 saturated carbocycles. The quantitative estimate of drug-likeness (QED) is 0.809. The molecule has 0 radical (unpaired) electrons. The zero-order valence-corrected chi connectivity index (χ0v) is 11.5. The van der Waals surface area contributed by atoms with Crippen molar-refractivity contribution in [3.8, 4) is 5.19 Å². The molecule has 1 aromatic rings. The number of hydrogen-bond donors (Lipinski definition) is 0. The number of hydrogen-bond acceptors (Lipinski definition) is 4. The second kappa shape index (κ2) is 3.99. The van der Waals surface area contributed by atoms with Gasteiger partial charge in [0, 0.05) is 17.5 Å². The topological polar surface area (TPSA) is 35.0 Å². The maximum atomic E-state index is 5.37. The summed E-state index contributed by atoms with van der Waals surface area (Å²) in [6.07, 6.45) is 0. The van der Waals surface area contributed by atoms with Crippen LogP contribution in [-0.4, -0.2) is 16.0 Å². The zero-order valence-electron chi connectivity index (χ0n) is 10.7. The fourth-order valence-corrected chi connectivity index (χ4v) is 3.57. The van der Waals surface area contributed by atoms with Gasteiger partial charge in [-0.15, -0.1) is 0 Å². The molecule has 1 aliphatic rings. The number of rotatable bonds is 4. The summed E-state index contributed by atoms with van der Waals surface area (Å²) in [4.78, 5) is 4.48. The third-order valence-corrected chi connectivity index (χ3v) is 4.24. The summed E-state index contributed by atoms with van der Waals surface area (Å²) in [6, 6.07) is 0. The molecule has 0 unspecified atom stereocenters. The van der Waals surface area contributed by atoms with E-state index in [4.69, 9.17) is 4.74 Å². The Labute approximate surface area is 101 Å². The Morgan fingerprint density at radius 1 is 1.44 bits per heavy atom. The molecule has 1 heterocycles. The molecule has 0 aromatic carbocycles. The molecule has 2 atom stereocenters. The van der Waals surface area contributed by atoms with Gasteiger partial charge >= 0.3 is 0 Å². The van der Waals surface area contributed by atoms with Gasteiger partial charge in [-0.2, -0.15) is 9.36 Å². The van der Waals surface area contributed by atoms with Crippen LogP contribution >= 0.6 is 11.5 Å². The number of nitrogens with zero attached hydrogens (tertiary/aromatic N) is 2. The van der Waals surface area contributed by atoms with E-state index < -0.39 is 0 Å². The van der Waals surface area contributed by atoms with E-state index in [1.165, 1.54) is 11.5 Å². The molecule has 0 amide bonds. The average Bonchev–Trinajstić information content (AvgIpc) is 2.57. The van der Waals surface area contributed by atoms with Gasteiger partial charge in [-0.3, -0.25) is 0 Å². The van der Waals surface area contributed by atoms with Gasteiger partial charge in [0.15, 0.2) is 0 Å². The van der Waals surface area contributed by atoms with Crippen LogP contribution in [-0.2, 0) is 0 Å². The summed E-state index contributed by atoms with van der Waals surface area (Å²) < 4.78 is 9.80. The van der Waals surface area contributed by atoms with Crippen molar-refractivity contribution in [1.29, 1.82) is 0 Å². The maximum Gasteiger partial charge on any atom is 0.293 e. The molecule has 2 rings (SSSR count). The van der Waals surface area contributed by atoms with E-state index in [1.54, 1.807) is 0 Å². The molecule has 0 saturated heterocycles. The van der Waals surface area contributed by atoms with E-state index in [-0.39, 0.29) is 0 Å². The molecule has 0 bridgehead atoms. The molecule has 0 spiro atoms. The molecule has 3 nitrogen and oxygen atoms in total. The highest BCUT2D eigenvalue weighted by Crippen LogP contribution is 2.66. The summed E-state index contributed by atoms with van der Waals surface area (Å²) in [6.45, 7) is 11.8. The Balaban J connectivity index is 2.14. The largest absolute Gasteiger partial charge is 0.469 e. The highest BCUT2D eigenvalue weighted by atomic mass is 32.1. The standard InChI is InChI=1S/C12H20N2OS/c1-6-15-11-13-10(14-16-11)9-8(7(2)3)12(9,4)5/h7-9H,6H2,1-5H3/t8-,9+/m1/s1. The molecule has 0 N–H and O–H groups in total. The van der Waals surface area contributed by atoms with Crippen LogP contribution in [0.2, 0.25) is 0 Å². The monoisotopic (exact) mass is 240 g/mol. The molecule has 1 fully saturated rings. The minimum absolute atomic E-state index is 0.346. The van der Waals surface area contributed by atoms with Gasteiger partial charge in [-0.1, -0.05) is 27.7 Å². The van der Waals surface area contributed by atoms with Crippen molar-refractivity contribution in [1.82, 2.24) is 9.36 Å². The van der Waals surface area contributed by atoms with Crippen LogP contribution < -0.4 is 4.74 Å². The number of ether oxygens (including phenoxy) is 1. The lowest BCUT2D eigenvalue weighted by atomic mass is 10.0. The van der Waals surface area contributed by atoms with Crippen molar-refractivity contribution in [2.24, 2.45) is 17.3 Å². The smallest absolute Gasteiger partial charge is 0.293 e. The lowest BCUT2D eigenvalue weighted by molar-refractivity contribution is 0.337. The summed E-state index contributed by atoms with van der Waals surface area (Å²) in [5.41, 5.74) is 0.346. The fraction of sp³-hybridized carbons (Fsp3) is 0.833. The van der Waals surface area contributed by atoms with Gasteiger partial charge in [-0.25, -0.2) is 0 Å². The third kappa shape index (κ3) is 1.83. The molecule has 0 aliphatic heterocycles. The minimum atomic E-state index is 0.346. The normalized spacial score (nSPS) is 27.1.